The van der Waals surface area contributed by atoms with Crippen molar-refractivity contribution in [3.8, 4) is 11.5 Å². The lowest BCUT2D eigenvalue weighted by Crippen LogP contribution is -1.97. The third kappa shape index (κ3) is 1.98. The summed E-state index contributed by atoms with van der Waals surface area (Å²) >= 11 is 0. The van der Waals surface area contributed by atoms with Crippen LogP contribution in [0.5, 0.6) is 11.5 Å². The van der Waals surface area contributed by atoms with Crippen LogP contribution in [0.2, 0.25) is 0 Å². The van der Waals surface area contributed by atoms with Gasteiger partial charge in [0, 0.05) is 24.6 Å². The second-order valence-corrected chi connectivity index (χ2v) is 3.80. The molecule has 0 aliphatic carbocycles. The summed E-state index contributed by atoms with van der Waals surface area (Å²) in [7, 11) is 5.14. The van der Waals surface area contributed by atoms with Crippen LogP contribution in [-0.2, 0) is 0 Å². The number of anilines is 1. The lowest BCUT2D eigenvalue weighted by atomic mass is 10.1. The molecule has 2 aromatic rings. The zero-order valence-corrected chi connectivity index (χ0v) is 10.5. The van der Waals surface area contributed by atoms with E-state index < -0.39 is 0 Å². The maximum absolute atomic E-state index is 5.38. The molecular formula is C13H16N2O2. The number of ether oxygens (including phenoxy) is 2. The van der Waals surface area contributed by atoms with Crippen molar-refractivity contribution in [2.45, 2.75) is 6.92 Å². The van der Waals surface area contributed by atoms with Crippen LogP contribution in [0, 0.1) is 6.92 Å². The topological polar surface area (TPSA) is 43.4 Å². The van der Waals surface area contributed by atoms with Crippen LogP contribution in [-0.4, -0.2) is 26.3 Å². The molecule has 0 atom stereocenters. The average molecular weight is 232 g/mol. The normalized spacial score (nSPS) is 10.4. The van der Waals surface area contributed by atoms with Gasteiger partial charge >= 0.3 is 0 Å². The molecule has 4 nitrogen and oxygen atoms in total. The van der Waals surface area contributed by atoms with Crippen LogP contribution in [0.3, 0.4) is 0 Å². The minimum absolute atomic E-state index is 0.745. The van der Waals surface area contributed by atoms with Crippen LogP contribution in [0.25, 0.3) is 10.9 Å². The van der Waals surface area contributed by atoms with E-state index in [1.807, 2.05) is 32.2 Å². The van der Waals surface area contributed by atoms with Gasteiger partial charge in [0.1, 0.15) is 17.3 Å². The molecular weight excluding hydrogens is 216 g/mol. The third-order valence-corrected chi connectivity index (χ3v) is 2.76. The number of aryl methyl sites for hydroxylation is 1. The lowest BCUT2D eigenvalue weighted by Gasteiger charge is -2.11. The van der Waals surface area contributed by atoms with Crippen molar-refractivity contribution in [3.05, 3.63) is 23.8 Å². The molecule has 1 aromatic carbocycles. The first-order valence-electron chi connectivity index (χ1n) is 5.40. The van der Waals surface area contributed by atoms with E-state index in [4.69, 9.17) is 9.47 Å². The molecule has 0 saturated carbocycles. The van der Waals surface area contributed by atoms with Crippen molar-refractivity contribution in [3.63, 3.8) is 0 Å². The number of methoxy groups -OCH3 is 2. The molecule has 0 bridgehead atoms. The smallest absolute Gasteiger partial charge is 0.132 e. The standard InChI is InChI=1S/C13H16N2O2/c1-8-5-12(14-2)15-10-6-9(16-3)7-11(17-4)13(8)10/h5-7H,1-4H3,(H,14,15). The Balaban J connectivity index is 2.79. The van der Waals surface area contributed by atoms with Crippen LogP contribution in [0.4, 0.5) is 5.82 Å². The van der Waals surface area contributed by atoms with Crippen molar-refractivity contribution in [1.29, 1.82) is 0 Å². The molecule has 0 aliphatic heterocycles. The minimum atomic E-state index is 0.745. The number of fused-ring (bicyclic) bond motifs is 1. The number of nitrogens with zero attached hydrogens (tertiary/aromatic N) is 1. The third-order valence-electron chi connectivity index (χ3n) is 2.76. The van der Waals surface area contributed by atoms with Gasteiger partial charge in [-0.25, -0.2) is 4.98 Å². The van der Waals surface area contributed by atoms with Crippen molar-refractivity contribution in [2.24, 2.45) is 0 Å². The highest BCUT2D eigenvalue weighted by Crippen LogP contribution is 2.33. The van der Waals surface area contributed by atoms with Gasteiger partial charge in [-0.3, -0.25) is 0 Å². The number of nitrogens with one attached hydrogen (secondary N) is 1. The summed E-state index contributed by atoms with van der Waals surface area (Å²) in [6.45, 7) is 2.04. The molecule has 4 heteroatoms. The van der Waals surface area contributed by atoms with E-state index in [2.05, 4.69) is 10.3 Å². The molecule has 0 fully saturated rings. The first kappa shape index (κ1) is 11.5. The monoisotopic (exact) mass is 232 g/mol. The molecule has 17 heavy (non-hydrogen) atoms. The van der Waals surface area contributed by atoms with Gasteiger partial charge in [0.2, 0.25) is 0 Å². The van der Waals surface area contributed by atoms with E-state index in [0.29, 0.717) is 0 Å². The summed E-state index contributed by atoms with van der Waals surface area (Å²) < 4.78 is 10.6. The van der Waals surface area contributed by atoms with E-state index >= 15 is 0 Å². The molecule has 1 N–H and O–H groups in total. The van der Waals surface area contributed by atoms with Crippen LogP contribution >= 0.6 is 0 Å². The van der Waals surface area contributed by atoms with E-state index in [1.54, 1.807) is 14.2 Å². The average Bonchev–Trinajstić information content (AvgIpc) is 2.36. The van der Waals surface area contributed by atoms with Gasteiger partial charge in [-0.05, 0) is 18.6 Å². The van der Waals surface area contributed by atoms with Crippen molar-refractivity contribution < 1.29 is 9.47 Å². The number of pyridine rings is 1. The lowest BCUT2D eigenvalue weighted by molar-refractivity contribution is 0.397. The molecule has 2 rings (SSSR count). The van der Waals surface area contributed by atoms with Gasteiger partial charge in [0.15, 0.2) is 0 Å². The molecule has 1 aromatic heterocycles. The SMILES string of the molecule is CNc1cc(C)c2c(OC)cc(OC)cc2n1. The Morgan fingerprint density at radius 3 is 2.47 bits per heavy atom. The fourth-order valence-electron chi connectivity index (χ4n) is 1.91. The van der Waals surface area contributed by atoms with Crippen molar-refractivity contribution in [2.75, 3.05) is 26.6 Å². The molecule has 0 aliphatic rings. The maximum Gasteiger partial charge on any atom is 0.132 e. The quantitative estimate of drug-likeness (QED) is 0.883. The highest BCUT2D eigenvalue weighted by molar-refractivity contribution is 5.91. The maximum atomic E-state index is 5.38. The zero-order valence-electron chi connectivity index (χ0n) is 10.5. The summed E-state index contributed by atoms with van der Waals surface area (Å²) in [4.78, 5) is 4.50. The summed E-state index contributed by atoms with van der Waals surface area (Å²) in [6.07, 6.45) is 0. The minimum Gasteiger partial charge on any atom is -0.497 e. The first-order chi connectivity index (χ1) is 8.19. The number of benzene rings is 1. The Morgan fingerprint density at radius 1 is 1.12 bits per heavy atom. The first-order valence-corrected chi connectivity index (χ1v) is 5.40. The fourth-order valence-corrected chi connectivity index (χ4v) is 1.91. The van der Waals surface area contributed by atoms with Gasteiger partial charge in [-0.1, -0.05) is 0 Å². The predicted octanol–water partition coefficient (Wildman–Crippen LogP) is 2.60. The Bertz CT molecular complexity index is 547. The van der Waals surface area contributed by atoms with Crippen molar-refractivity contribution in [1.82, 2.24) is 4.98 Å². The highest BCUT2D eigenvalue weighted by atomic mass is 16.5. The molecule has 90 valence electrons. The second-order valence-electron chi connectivity index (χ2n) is 3.80. The molecule has 0 spiro atoms. The number of hydrogen-bond donors (Lipinski definition) is 1. The van der Waals surface area contributed by atoms with Gasteiger partial charge in [0.25, 0.3) is 0 Å². The molecule has 1 heterocycles. The molecule has 0 unspecified atom stereocenters. The Labute approximate surface area is 101 Å². The molecule has 0 amide bonds. The van der Waals surface area contributed by atoms with Crippen LogP contribution < -0.4 is 14.8 Å². The summed E-state index contributed by atoms with van der Waals surface area (Å²) in [5.41, 5.74) is 1.99. The Hall–Kier alpha value is -1.97. The van der Waals surface area contributed by atoms with Crippen molar-refractivity contribution >= 4 is 16.7 Å². The van der Waals surface area contributed by atoms with Gasteiger partial charge in [-0.2, -0.15) is 0 Å². The van der Waals surface area contributed by atoms with Gasteiger partial charge in [0.05, 0.1) is 19.7 Å². The zero-order chi connectivity index (χ0) is 12.4. The fraction of sp³-hybridized carbons (Fsp3) is 0.308. The summed E-state index contributed by atoms with van der Waals surface area (Å²) in [5, 5.41) is 4.06. The summed E-state index contributed by atoms with van der Waals surface area (Å²) in [6, 6.07) is 5.78. The van der Waals surface area contributed by atoms with Crippen LogP contribution in [0.1, 0.15) is 5.56 Å². The second kappa shape index (κ2) is 4.49. The van der Waals surface area contributed by atoms with Gasteiger partial charge < -0.3 is 14.8 Å². The Morgan fingerprint density at radius 2 is 1.88 bits per heavy atom. The Kier molecular flexibility index (Phi) is 3.04. The number of hydrogen-bond acceptors (Lipinski definition) is 4. The molecule has 0 radical (unpaired) electrons. The van der Waals surface area contributed by atoms with E-state index in [1.165, 1.54) is 0 Å². The van der Waals surface area contributed by atoms with Gasteiger partial charge in [-0.15, -0.1) is 0 Å². The van der Waals surface area contributed by atoms with E-state index in [-0.39, 0.29) is 0 Å². The highest BCUT2D eigenvalue weighted by Gasteiger charge is 2.10. The predicted molar refractivity (Wildman–Crippen MR) is 69.1 cm³/mol. The van der Waals surface area contributed by atoms with E-state index in [0.717, 1.165) is 33.8 Å². The number of aromatic nitrogens is 1. The van der Waals surface area contributed by atoms with Crippen LogP contribution in [0.15, 0.2) is 18.2 Å². The summed E-state index contributed by atoms with van der Waals surface area (Å²) in [5.74, 6) is 2.37. The van der Waals surface area contributed by atoms with E-state index in [9.17, 15) is 0 Å². The largest absolute Gasteiger partial charge is 0.497 e. The molecule has 0 saturated heterocycles. The number of rotatable bonds is 3.